The van der Waals surface area contributed by atoms with Crippen LogP contribution in [0.2, 0.25) is 0 Å². The number of thioether (sulfide) groups is 1. The molecule has 2 heterocycles. The Bertz CT molecular complexity index is 221. The maximum Gasteiger partial charge on any atom is 0.228 e. The van der Waals surface area contributed by atoms with Gasteiger partial charge in [0.25, 0.3) is 0 Å². The first-order valence-electron chi connectivity index (χ1n) is 5.05. The van der Waals surface area contributed by atoms with Crippen molar-refractivity contribution in [2.24, 2.45) is 11.3 Å². The van der Waals surface area contributed by atoms with Crippen LogP contribution >= 0.6 is 11.8 Å². The highest BCUT2D eigenvalue weighted by Crippen LogP contribution is 2.45. The zero-order chi connectivity index (χ0) is 9.47. The maximum atomic E-state index is 11.6. The number of rotatable bonds is 1. The van der Waals surface area contributed by atoms with Gasteiger partial charge in [-0.2, -0.15) is 11.8 Å². The maximum absolute atomic E-state index is 11.6. The zero-order valence-electron chi connectivity index (χ0n) is 8.30. The summed E-state index contributed by atoms with van der Waals surface area (Å²) in [5, 5.41) is 3.05. The normalized spacial score (nSPS) is 31.6. The first-order chi connectivity index (χ1) is 6.17. The molecule has 2 saturated heterocycles. The fourth-order valence-corrected chi connectivity index (χ4v) is 3.79. The second kappa shape index (κ2) is 3.19. The molecule has 1 amide bonds. The Hall–Kier alpha value is -0.180. The second-order valence-electron chi connectivity index (χ2n) is 4.46. The Morgan fingerprint density at radius 2 is 2.08 bits per heavy atom. The molecule has 74 valence electrons. The number of carbonyl (C=O) groups is 1. The third kappa shape index (κ3) is 1.28. The van der Waals surface area contributed by atoms with E-state index in [1.54, 1.807) is 0 Å². The molecule has 0 aliphatic carbocycles. The molecule has 2 aliphatic rings. The summed E-state index contributed by atoms with van der Waals surface area (Å²) in [6, 6.07) is 0.445. The molecular formula is C10H17NOS. The molecule has 0 saturated carbocycles. The SMILES string of the molecule is CC(C)C1NC(=O)C12CCSCC2. The van der Waals surface area contributed by atoms with E-state index in [2.05, 4.69) is 19.2 Å². The lowest BCUT2D eigenvalue weighted by atomic mass is 9.64. The van der Waals surface area contributed by atoms with Crippen LogP contribution in [0.3, 0.4) is 0 Å². The Morgan fingerprint density at radius 3 is 2.54 bits per heavy atom. The summed E-state index contributed by atoms with van der Waals surface area (Å²) in [5.41, 5.74) is 0.0272. The number of hydrogen-bond donors (Lipinski definition) is 1. The van der Waals surface area contributed by atoms with Crippen molar-refractivity contribution >= 4 is 17.7 Å². The van der Waals surface area contributed by atoms with Crippen LogP contribution in [0.15, 0.2) is 0 Å². The summed E-state index contributed by atoms with van der Waals surface area (Å²) in [5.74, 6) is 3.22. The van der Waals surface area contributed by atoms with Crippen LogP contribution < -0.4 is 5.32 Å². The lowest BCUT2D eigenvalue weighted by Gasteiger charge is -2.52. The topological polar surface area (TPSA) is 29.1 Å². The molecule has 1 unspecified atom stereocenters. The molecule has 1 atom stereocenters. The predicted molar refractivity (Wildman–Crippen MR) is 55.8 cm³/mol. The second-order valence-corrected chi connectivity index (χ2v) is 5.69. The minimum atomic E-state index is 0.0272. The monoisotopic (exact) mass is 199 g/mol. The van der Waals surface area contributed by atoms with Gasteiger partial charge in [-0.3, -0.25) is 4.79 Å². The van der Waals surface area contributed by atoms with E-state index in [9.17, 15) is 4.79 Å². The van der Waals surface area contributed by atoms with Crippen molar-refractivity contribution in [3.63, 3.8) is 0 Å². The van der Waals surface area contributed by atoms with Gasteiger partial charge in [0.1, 0.15) is 0 Å². The van der Waals surface area contributed by atoms with Gasteiger partial charge < -0.3 is 5.32 Å². The lowest BCUT2D eigenvalue weighted by molar-refractivity contribution is -0.149. The summed E-state index contributed by atoms with van der Waals surface area (Å²) in [4.78, 5) is 11.6. The first-order valence-corrected chi connectivity index (χ1v) is 6.21. The molecule has 0 aromatic heterocycles. The minimum Gasteiger partial charge on any atom is -0.351 e. The van der Waals surface area contributed by atoms with E-state index in [4.69, 9.17) is 0 Å². The molecule has 2 fully saturated rings. The van der Waals surface area contributed by atoms with Crippen molar-refractivity contribution < 1.29 is 4.79 Å². The molecule has 1 N–H and O–H groups in total. The van der Waals surface area contributed by atoms with Crippen LogP contribution in [0.4, 0.5) is 0 Å². The molecule has 0 aromatic rings. The van der Waals surface area contributed by atoms with E-state index in [-0.39, 0.29) is 5.41 Å². The average Bonchev–Trinajstić information content (AvgIpc) is 2.15. The Labute approximate surface area is 83.8 Å². The molecule has 1 spiro atoms. The van der Waals surface area contributed by atoms with Gasteiger partial charge in [0, 0.05) is 6.04 Å². The van der Waals surface area contributed by atoms with Gasteiger partial charge in [-0.05, 0) is 30.3 Å². The van der Waals surface area contributed by atoms with Crippen LogP contribution in [0.5, 0.6) is 0 Å². The molecule has 13 heavy (non-hydrogen) atoms. The number of hydrogen-bond acceptors (Lipinski definition) is 2. The molecule has 2 rings (SSSR count). The molecule has 2 aliphatic heterocycles. The summed E-state index contributed by atoms with van der Waals surface area (Å²) >= 11 is 1.98. The first kappa shape index (κ1) is 9.38. The molecular weight excluding hydrogens is 182 g/mol. The molecule has 2 nitrogen and oxygen atoms in total. The van der Waals surface area contributed by atoms with Crippen LogP contribution in [0.1, 0.15) is 26.7 Å². The fraction of sp³-hybridized carbons (Fsp3) is 0.900. The molecule has 0 radical (unpaired) electrons. The Morgan fingerprint density at radius 1 is 1.46 bits per heavy atom. The van der Waals surface area contributed by atoms with Gasteiger partial charge in [0.15, 0.2) is 0 Å². The standard InChI is InChI=1S/C10H17NOS/c1-7(2)8-10(9(12)11-8)3-5-13-6-4-10/h7-8H,3-6H2,1-2H3,(H,11,12). The van der Waals surface area contributed by atoms with Gasteiger partial charge >= 0.3 is 0 Å². The molecule has 0 aromatic carbocycles. The van der Waals surface area contributed by atoms with Gasteiger partial charge in [-0.1, -0.05) is 13.8 Å². The number of β-lactam (4-membered cyclic amide) rings is 1. The quantitative estimate of drug-likeness (QED) is 0.651. The van der Waals surface area contributed by atoms with Crippen molar-refractivity contribution in [2.75, 3.05) is 11.5 Å². The highest BCUT2D eigenvalue weighted by atomic mass is 32.2. The van der Waals surface area contributed by atoms with E-state index in [0.717, 1.165) is 24.3 Å². The van der Waals surface area contributed by atoms with Gasteiger partial charge in [0.05, 0.1) is 5.41 Å². The summed E-state index contributed by atoms with van der Waals surface area (Å²) < 4.78 is 0. The highest BCUT2D eigenvalue weighted by Gasteiger charge is 2.55. The molecule has 3 heteroatoms. The summed E-state index contributed by atoms with van der Waals surface area (Å²) in [6.07, 6.45) is 2.18. The van der Waals surface area contributed by atoms with Gasteiger partial charge in [-0.25, -0.2) is 0 Å². The zero-order valence-corrected chi connectivity index (χ0v) is 9.12. The fourth-order valence-electron chi connectivity index (χ4n) is 2.57. The van der Waals surface area contributed by atoms with Crippen LogP contribution in [0, 0.1) is 11.3 Å². The highest BCUT2D eigenvalue weighted by molar-refractivity contribution is 7.99. The van der Waals surface area contributed by atoms with E-state index in [1.165, 1.54) is 0 Å². The van der Waals surface area contributed by atoms with Crippen molar-refractivity contribution in [3.05, 3.63) is 0 Å². The number of amides is 1. The van der Waals surface area contributed by atoms with Crippen molar-refractivity contribution in [1.82, 2.24) is 5.32 Å². The third-order valence-corrected chi connectivity index (χ3v) is 4.37. The summed E-state index contributed by atoms with van der Waals surface area (Å²) in [7, 11) is 0. The number of nitrogens with one attached hydrogen (secondary N) is 1. The third-order valence-electron chi connectivity index (χ3n) is 3.39. The number of carbonyl (C=O) groups excluding carboxylic acids is 1. The smallest absolute Gasteiger partial charge is 0.228 e. The van der Waals surface area contributed by atoms with Gasteiger partial charge in [0.2, 0.25) is 5.91 Å². The van der Waals surface area contributed by atoms with Crippen LogP contribution in [-0.2, 0) is 4.79 Å². The van der Waals surface area contributed by atoms with E-state index < -0.39 is 0 Å². The van der Waals surface area contributed by atoms with Crippen molar-refractivity contribution in [1.29, 1.82) is 0 Å². The van der Waals surface area contributed by atoms with Crippen molar-refractivity contribution in [3.8, 4) is 0 Å². The largest absolute Gasteiger partial charge is 0.351 e. The lowest BCUT2D eigenvalue weighted by Crippen LogP contribution is -2.69. The van der Waals surface area contributed by atoms with Crippen molar-refractivity contribution in [2.45, 2.75) is 32.7 Å². The van der Waals surface area contributed by atoms with Crippen LogP contribution in [-0.4, -0.2) is 23.5 Å². The predicted octanol–water partition coefficient (Wildman–Crippen LogP) is 1.65. The molecule has 0 bridgehead atoms. The van der Waals surface area contributed by atoms with Gasteiger partial charge in [-0.15, -0.1) is 0 Å². The summed E-state index contributed by atoms with van der Waals surface area (Å²) in [6.45, 7) is 4.40. The Kier molecular flexibility index (Phi) is 2.30. The van der Waals surface area contributed by atoms with E-state index >= 15 is 0 Å². The van der Waals surface area contributed by atoms with E-state index in [1.807, 2.05) is 11.8 Å². The van der Waals surface area contributed by atoms with E-state index in [0.29, 0.717) is 17.9 Å². The Balaban J connectivity index is 2.13. The average molecular weight is 199 g/mol. The minimum absolute atomic E-state index is 0.0272. The van der Waals surface area contributed by atoms with Crippen LogP contribution in [0.25, 0.3) is 0 Å².